The van der Waals surface area contributed by atoms with Crippen LogP contribution in [-0.4, -0.2) is 82.4 Å². The van der Waals surface area contributed by atoms with Crippen molar-refractivity contribution in [2.45, 2.75) is 66.2 Å². The molecule has 0 atom stereocenters. The molecule has 0 bridgehead atoms. The highest BCUT2D eigenvalue weighted by Crippen LogP contribution is 2.19. The van der Waals surface area contributed by atoms with E-state index in [4.69, 9.17) is 9.47 Å². The second-order valence-corrected chi connectivity index (χ2v) is 10.4. The highest BCUT2D eigenvalue weighted by Gasteiger charge is 2.35. The van der Waals surface area contributed by atoms with Crippen molar-refractivity contribution in [1.82, 2.24) is 19.6 Å². The Hall–Kier alpha value is -3.30. The van der Waals surface area contributed by atoms with Crippen LogP contribution in [0, 0.1) is 6.92 Å². The molecule has 0 aromatic heterocycles. The summed E-state index contributed by atoms with van der Waals surface area (Å²) >= 11 is 0. The molecule has 0 unspecified atom stereocenters. The Kier molecular flexibility index (Phi) is 8.18. The number of rotatable bonds is 2. The average Bonchev–Trinajstić information content (AvgIpc) is 2.67. The number of nitrogens with zero attached hydrogens (tertiary/aromatic N) is 5. The van der Waals surface area contributed by atoms with E-state index in [2.05, 4.69) is 4.99 Å². The molecule has 1 aromatic rings. The first-order valence-electron chi connectivity index (χ1n) is 11.1. The molecule has 0 aliphatic carbocycles. The number of carbonyl (C=O) groups excluding carboxylic acids is 3. The van der Waals surface area contributed by atoms with Gasteiger partial charge in [0, 0.05) is 14.1 Å². The predicted octanol–water partition coefficient (Wildman–Crippen LogP) is 4.24. The van der Waals surface area contributed by atoms with Crippen molar-refractivity contribution in [2.24, 2.45) is 4.99 Å². The smallest absolute Gasteiger partial charge is 0.437 e. The number of guanidine groups is 1. The SMILES string of the molecule is Cc1ccc(CN(C(=O)OC(C)(C)C)/C(=N/C(=O)OC(C)(C)C)N2CN(C)C(=O)N(C)C2)cc1. The zero-order valence-corrected chi connectivity index (χ0v) is 21.7. The lowest BCUT2D eigenvalue weighted by molar-refractivity contribution is 0.0300. The zero-order valence-electron chi connectivity index (χ0n) is 21.7. The molecule has 1 aromatic carbocycles. The molecule has 1 aliphatic heterocycles. The lowest BCUT2D eigenvalue weighted by atomic mass is 10.1. The van der Waals surface area contributed by atoms with Crippen molar-refractivity contribution in [3.63, 3.8) is 0 Å². The molecule has 1 heterocycles. The van der Waals surface area contributed by atoms with Crippen LogP contribution in [-0.2, 0) is 16.0 Å². The highest BCUT2D eigenvalue weighted by molar-refractivity contribution is 5.99. The number of hydrogen-bond acceptors (Lipinski definition) is 5. The third-order valence-corrected chi connectivity index (χ3v) is 4.60. The maximum atomic E-state index is 13.4. The van der Waals surface area contributed by atoms with Gasteiger partial charge in [0.1, 0.15) is 11.2 Å². The minimum Gasteiger partial charge on any atom is -0.443 e. The summed E-state index contributed by atoms with van der Waals surface area (Å²) in [6.45, 7) is 12.8. The lowest BCUT2D eigenvalue weighted by Crippen LogP contribution is -2.60. The Morgan fingerprint density at radius 1 is 0.941 bits per heavy atom. The first-order valence-corrected chi connectivity index (χ1v) is 11.1. The van der Waals surface area contributed by atoms with Gasteiger partial charge in [-0.2, -0.15) is 0 Å². The molecule has 188 valence electrons. The van der Waals surface area contributed by atoms with Crippen molar-refractivity contribution in [3.05, 3.63) is 35.4 Å². The third kappa shape index (κ3) is 7.93. The van der Waals surface area contributed by atoms with Crippen LogP contribution in [0.3, 0.4) is 0 Å². The number of carbonyl (C=O) groups is 3. The minimum atomic E-state index is -0.845. The molecule has 34 heavy (non-hydrogen) atoms. The normalized spacial score (nSPS) is 15.4. The van der Waals surface area contributed by atoms with Gasteiger partial charge in [-0.1, -0.05) is 29.8 Å². The topological polar surface area (TPSA) is 95.0 Å². The van der Waals surface area contributed by atoms with E-state index in [0.717, 1.165) is 11.1 Å². The van der Waals surface area contributed by atoms with Crippen molar-refractivity contribution in [3.8, 4) is 0 Å². The van der Waals surface area contributed by atoms with Gasteiger partial charge >= 0.3 is 18.2 Å². The lowest BCUT2D eigenvalue weighted by Gasteiger charge is -2.42. The van der Waals surface area contributed by atoms with E-state index >= 15 is 0 Å². The molecule has 10 heteroatoms. The first-order chi connectivity index (χ1) is 15.6. The number of urea groups is 1. The largest absolute Gasteiger partial charge is 0.443 e. The molecule has 0 saturated carbocycles. The molecular weight excluding hydrogens is 438 g/mol. The second-order valence-electron chi connectivity index (χ2n) is 10.4. The quantitative estimate of drug-likeness (QED) is 0.469. The summed E-state index contributed by atoms with van der Waals surface area (Å²) in [5.74, 6) is 0.0373. The van der Waals surface area contributed by atoms with Gasteiger partial charge in [-0.05, 0) is 54.0 Å². The van der Waals surface area contributed by atoms with E-state index in [1.165, 1.54) is 14.7 Å². The van der Waals surface area contributed by atoms with Crippen LogP contribution in [0.4, 0.5) is 14.4 Å². The van der Waals surface area contributed by atoms with Gasteiger partial charge in [0.25, 0.3) is 0 Å². The van der Waals surface area contributed by atoms with Crippen molar-refractivity contribution in [1.29, 1.82) is 0 Å². The average molecular weight is 476 g/mol. The molecule has 4 amide bonds. The number of aryl methyl sites for hydroxylation is 1. The monoisotopic (exact) mass is 475 g/mol. The van der Waals surface area contributed by atoms with E-state index in [-0.39, 0.29) is 31.9 Å². The second kappa shape index (κ2) is 10.3. The Bertz CT molecular complexity index is 917. The van der Waals surface area contributed by atoms with Crippen molar-refractivity contribution < 1.29 is 23.9 Å². The van der Waals surface area contributed by atoms with Gasteiger partial charge in [-0.15, -0.1) is 4.99 Å². The molecule has 2 rings (SSSR count). The fourth-order valence-corrected chi connectivity index (χ4v) is 3.17. The van der Waals surface area contributed by atoms with Gasteiger partial charge in [0.05, 0.1) is 19.9 Å². The van der Waals surface area contributed by atoms with Gasteiger partial charge in [0.15, 0.2) is 0 Å². The Labute approximate surface area is 202 Å². The zero-order chi connectivity index (χ0) is 25.8. The fraction of sp³-hybridized carbons (Fsp3) is 0.583. The summed E-state index contributed by atoms with van der Waals surface area (Å²) in [7, 11) is 3.27. The molecule has 0 N–H and O–H groups in total. The van der Waals surface area contributed by atoms with Crippen molar-refractivity contribution >= 4 is 24.2 Å². The van der Waals surface area contributed by atoms with E-state index in [1.54, 1.807) is 60.5 Å². The number of hydrogen-bond donors (Lipinski definition) is 0. The molecule has 10 nitrogen and oxygen atoms in total. The van der Waals surface area contributed by atoms with E-state index in [0.29, 0.717) is 0 Å². The summed E-state index contributed by atoms with van der Waals surface area (Å²) in [6.07, 6.45) is -1.51. The van der Waals surface area contributed by atoms with Crippen LogP contribution in [0.2, 0.25) is 0 Å². The van der Waals surface area contributed by atoms with E-state index < -0.39 is 23.4 Å². The summed E-state index contributed by atoms with van der Waals surface area (Å²) in [5, 5.41) is 0. The summed E-state index contributed by atoms with van der Waals surface area (Å²) < 4.78 is 11.1. The van der Waals surface area contributed by atoms with Gasteiger partial charge in [-0.3, -0.25) is 0 Å². The van der Waals surface area contributed by atoms with Crippen LogP contribution in [0.25, 0.3) is 0 Å². The van der Waals surface area contributed by atoms with Gasteiger partial charge < -0.3 is 24.2 Å². The predicted molar refractivity (Wildman–Crippen MR) is 129 cm³/mol. The maximum Gasteiger partial charge on any atom is 0.437 e. The number of benzene rings is 1. The first kappa shape index (κ1) is 26.9. The van der Waals surface area contributed by atoms with Gasteiger partial charge in [0.2, 0.25) is 5.96 Å². The Balaban J connectivity index is 2.55. The van der Waals surface area contributed by atoms with Crippen molar-refractivity contribution in [2.75, 3.05) is 27.4 Å². The molecule has 0 radical (unpaired) electrons. The Morgan fingerprint density at radius 2 is 1.44 bits per heavy atom. The van der Waals surface area contributed by atoms with Crippen LogP contribution in [0.5, 0.6) is 0 Å². The van der Waals surface area contributed by atoms with Crippen LogP contribution in [0.15, 0.2) is 29.3 Å². The third-order valence-electron chi connectivity index (χ3n) is 4.60. The Morgan fingerprint density at radius 3 is 1.91 bits per heavy atom. The number of amides is 4. The highest BCUT2D eigenvalue weighted by atomic mass is 16.6. The molecule has 1 aliphatic rings. The molecule has 1 saturated heterocycles. The summed E-state index contributed by atoms with van der Waals surface area (Å²) in [5.41, 5.74) is 0.354. The number of aliphatic imine (C=N–C) groups is 1. The molecule has 0 spiro atoms. The maximum absolute atomic E-state index is 13.4. The van der Waals surface area contributed by atoms with Crippen LogP contribution >= 0.6 is 0 Å². The minimum absolute atomic E-state index is 0.0373. The van der Waals surface area contributed by atoms with Crippen LogP contribution < -0.4 is 0 Å². The summed E-state index contributed by atoms with van der Waals surface area (Å²) in [6, 6.07) is 7.49. The molecule has 1 fully saturated rings. The van der Waals surface area contributed by atoms with E-state index in [9.17, 15) is 14.4 Å². The number of ether oxygens (including phenoxy) is 2. The van der Waals surface area contributed by atoms with Crippen LogP contribution in [0.1, 0.15) is 52.7 Å². The fourth-order valence-electron chi connectivity index (χ4n) is 3.17. The van der Waals surface area contributed by atoms with E-state index in [1.807, 2.05) is 31.2 Å². The molecular formula is C24H37N5O5. The summed E-state index contributed by atoms with van der Waals surface area (Å²) in [4.78, 5) is 48.5. The standard InChI is InChI=1S/C24H37N5O5/c1-17-10-12-18(13-11-17)14-29(22(32)34-24(5,6)7)19(25-20(30)33-23(2,3)4)28-15-26(8)21(31)27(9)16-28/h10-13H,14-16H2,1-9H3/b25-19+. The van der Waals surface area contributed by atoms with Gasteiger partial charge in [-0.25, -0.2) is 19.3 Å².